The van der Waals surface area contributed by atoms with Crippen LogP contribution < -0.4 is 15.6 Å². The molecule has 1 aromatic rings. The summed E-state index contributed by atoms with van der Waals surface area (Å²) in [5, 5.41) is 30.0. The van der Waals surface area contributed by atoms with Gasteiger partial charge in [-0.2, -0.15) is 0 Å². The first-order chi connectivity index (χ1) is 6.36. The second kappa shape index (κ2) is 1.94. The van der Waals surface area contributed by atoms with Gasteiger partial charge < -0.3 is 5.21 Å². The molecule has 0 spiro atoms. The lowest BCUT2D eigenvalue weighted by molar-refractivity contribution is 0.771. The topological polar surface area (TPSA) is 87.9 Å². The Kier molecular flexibility index (Phi) is 0.950. The van der Waals surface area contributed by atoms with Crippen LogP contribution in [0.25, 0.3) is 0 Å². The Morgan fingerprint density at radius 2 is 2.08 bits per heavy atom. The Bertz CT molecular complexity index is 572. The standard InChI is InChI=1S/C6H2N6O/c13-12-4-2-1-3-5(8-10-7-3)6(4)9-11-12/h1-2H. The van der Waals surface area contributed by atoms with E-state index in [0.29, 0.717) is 26.9 Å². The van der Waals surface area contributed by atoms with E-state index >= 15 is 0 Å². The maximum Gasteiger partial charge on any atom is 0.282 e. The van der Waals surface area contributed by atoms with E-state index in [2.05, 4.69) is 25.8 Å². The number of rotatable bonds is 0. The van der Waals surface area contributed by atoms with Crippen LogP contribution in [-0.2, 0) is 0 Å². The molecule has 0 fully saturated rings. The predicted octanol–water partition coefficient (Wildman–Crippen LogP) is 0.320. The summed E-state index contributed by atoms with van der Waals surface area (Å²) >= 11 is 0. The molecule has 13 heavy (non-hydrogen) atoms. The Morgan fingerprint density at radius 1 is 1.15 bits per heavy atom. The molecule has 7 nitrogen and oxygen atoms in total. The quantitative estimate of drug-likeness (QED) is 0.411. The molecule has 0 aromatic heterocycles. The zero-order chi connectivity index (χ0) is 8.84. The number of hydrogen-bond acceptors (Lipinski definition) is 6. The predicted molar refractivity (Wildman–Crippen MR) is 40.9 cm³/mol. The molecule has 0 unspecified atom stereocenters. The van der Waals surface area contributed by atoms with Crippen molar-refractivity contribution in [2.24, 2.45) is 25.8 Å². The lowest BCUT2D eigenvalue weighted by atomic mass is 10.2. The molecule has 0 N–H and O–H groups in total. The van der Waals surface area contributed by atoms with E-state index in [0.717, 1.165) is 0 Å². The minimum Gasteiger partial charge on any atom is -0.691 e. The van der Waals surface area contributed by atoms with Crippen LogP contribution in [0.1, 0.15) is 0 Å². The smallest absolute Gasteiger partial charge is 0.282 e. The monoisotopic (exact) mass is 174 g/mol. The zero-order valence-electron chi connectivity index (χ0n) is 6.25. The van der Waals surface area contributed by atoms with Crippen molar-refractivity contribution in [3.05, 3.63) is 28.1 Å². The van der Waals surface area contributed by atoms with E-state index in [1.165, 1.54) is 0 Å². The summed E-state index contributed by atoms with van der Waals surface area (Å²) in [7, 11) is 0. The number of fused-ring (bicyclic) bond motifs is 3. The van der Waals surface area contributed by atoms with Gasteiger partial charge in [-0.15, -0.1) is 15.1 Å². The minimum absolute atomic E-state index is 0.384. The minimum atomic E-state index is 0.384. The van der Waals surface area contributed by atoms with Crippen molar-refractivity contribution < 1.29 is 0 Å². The molecule has 0 aliphatic carbocycles. The number of nitrogens with zero attached hydrogens (tertiary/aromatic N) is 6. The van der Waals surface area contributed by atoms with Crippen LogP contribution in [-0.4, -0.2) is 0 Å². The van der Waals surface area contributed by atoms with Gasteiger partial charge in [-0.25, -0.2) is 0 Å². The van der Waals surface area contributed by atoms with E-state index in [-0.39, 0.29) is 0 Å². The van der Waals surface area contributed by atoms with Crippen LogP contribution in [0.15, 0.2) is 37.9 Å². The summed E-state index contributed by atoms with van der Waals surface area (Å²) in [5.41, 5.74) is 0.956. The fourth-order valence-electron chi connectivity index (χ4n) is 1.24. The third-order valence-electron chi connectivity index (χ3n) is 1.84. The summed E-state index contributed by atoms with van der Waals surface area (Å²) in [5.74, 6) is 0. The van der Waals surface area contributed by atoms with Crippen LogP contribution in [0.2, 0.25) is 0 Å². The van der Waals surface area contributed by atoms with Crippen molar-refractivity contribution in [1.29, 1.82) is 0 Å². The number of benzene rings is 1. The largest absolute Gasteiger partial charge is 0.691 e. The summed E-state index contributed by atoms with van der Waals surface area (Å²) in [6.45, 7) is 0. The Morgan fingerprint density at radius 3 is 3.00 bits per heavy atom. The fraction of sp³-hybridized carbons (Fsp3) is 0. The van der Waals surface area contributed by atoms with Crippen LogP contribution in [0.4, 0.5) is 11.4 Å². The molecule has 62 valence electrons. The first-order valence-corrected chi connectivity index (χ1v) is 3.54. The molecule has 0 bridgehead atoms. The second-order valence-corrected chi connectivity index (χ2v) is 2.55. The van der Waals surface area contributed by atoms with Gasteiger partial charge >= 0.3 is 0 Å². The molecule has 1 aromatic carbocycles. The molecule has 0 radical (unpaired) electrons. The molecule has 0 saturated carbocycles. The van der Waals surface area contributed by atoms with Crippen LogP contribution in [0, 0.1) is 5.21 Å². The lowest BCUT2D eigenvalue weighted by Gasteiger charge is -1.90. The average Bonchev–Trinajstić information content (AvgIpc) is 2.70. The second-order valence-electron chi connectivity index (χ2n) is 2.55. The van der Waals surface area contributed by atoms with E-state index in [4.69, 9.17) is 0 Å². The van der Waals surface area contributed by atoms with Crippen molar-refractivity contribution in [2.45, 2.75) is 0 Å². The maximum absolute atomic E-state index is 11.0. The zero-order valence-corrected chi connectivity index (χ0v) is 6.25. The summed E-state index contributed by atoms with van der Waals surface area (Å²) < 4.78 is 0. The van der Waals surface area contributed by atoms with Crippen LogP contribution >= 0.6 is 0 Å². The molecule has 0 saturated heterocycles. The van der Waals surface area contributed by atoms with Crippen molar-refractivity contribution in [3.63, 3.8) is 0 Å². The third kappa shape index (κ3) is 0.675. The van der Waals surface area contributed by atoms with Crippen molar-refractivity contribution in [3.8, 4) is 0 Å². The van der Waals surface area contributed by atoms with Crippen molar-refractivity contribution in [1.82, 2.24) is 4.85 Å². The van der Waals surface area contributed by atoms with E-state index in [9.17, 15) is 5.21 Å². The molecular formula is C6H2N6O. The van der Waals surface area contributed by atoms with Crippen LogP contribution in [0.5, 0.6) is 0 Å². The van der Waals surface area contributed by atoms with Gasteiger partial charge in [0.05, 0.1) is 5.11 Å². The third-order valence-corrected chi connectivity index (χ3v) is 1.84. The first-order valence-electron chi connectivity index (χ1n) is 3.54. The van der Waals surface area contributed by atoms with Gasteiger partial charge in [-0.1, -0.05) is 0 Å². The van der Waals surface area contributed by atoms with Crippen molar-refractivity contribution in [2.75, 3.05) is 0 Å². The maximum atomic E-state index is 11.0. The van der Waals surface area contributed by atoms with Gasteiger partial charge in [0.25, 0.3) is 5.69 Å². The van der Waals surface area contributed by atoms with Gasteiger partial charge in [0.15, 0.2) is 5.69 Å². The Labute approximate surface area is 71.0 Å². The summed E-state index contributed by atoms with van der Waals surface area (Å²) in [4.78, 5) is 0.448. The SMILES string of the molecule is [O-][N+]1=c2ccc3c(c2N=N1)N=NN=3. The van der Waals surface area contributed by atoms with Gasteiger partial charge in [-0.05, 0) is 17.4 Å². The fourth-order valence-corrected chi connectivity index (χ4v) is 1.24. The van der Waals surface area contributed by atoms with Crippen molar-refractivity contribution >= 4 is 11.4 Å². The molecule has 2 heterocycles. The summed E-state index contributed by atoms with van der Waals surface area (Å²) in [6, 6.07) is 3.26. The van der Waals surface area contributed by atoms with E-state index < -0.39 is 0 Å². The summed E-state index contributed by atoms with van der Waals surface area (Å²) in [6.07, 6.45) is 0. The molecule has 7 heteroatoms. The highest BCUT2D eigenvalue weighted by Crippen LogP contribution is 2.23. The molecule has 3 rings (SSSR count). The molecular weight excluding hydrogens is 172 g/mol. The molecule has 0 amide bonds. The average molecular weight is 174 g/mol. The highest BCUT2D eigenvalue weighted by molar-refractivity contribution is 5.61. The molecule has 2 aliphatic heterocycles. The van der Waals surface area contributed by atoms with Crippen LogP contribution in [0.3, 0.4) is 0 Å². The molecule has 2 aliphatic rings. The Balaban J connectivity index is 2.56. The highest BCUT2D eigenvalue weighted by Gasteiger charge is 2.22. The number of hydrogen-bond donors (Lipinski definition) is 0. The Hall–Kier alpha value is -2.18. The first kappa shape index (κ1) is 6.35. The highest BCUT2D eigenvalue weighted by atomic mass is 16.5. The van der Waals surface area contributed by atoms with E-state index in [1.54, 1.807) is 12.1 Å². The van der Waals surface area contributed by atoms with Gasteiger partial charge in [0.2, 0.25) is 5.36 Å². The lowest BCUT2D eigenvalue weighted by Crippen LogP contribution is -2.17. The van der Waals surface area contributed by atoms with Gasteiger partial charge in [0.1, 0.15) is 10.6 Å². The molecule has 0 atom stereocenters. The normalized spacial score (nSPS) is 15.8. The van der Waals surface area contributed by atoms with E-state index in [1.807, 2.05) is 0 Å². The van der Waals surface area contributed by atoms with Gasteiger partial charge in [0, 0.05) is 0 Å². The van der Waals surface area contributed by atoms with Gasteiger partial charge in [-0.3, -0.25) is 0 Å².